The lowest BCUT2D eigenvalue weighted by Gasteiger charge is -2.31. The van der Waals surface area contributed by atoms with Gasteiger partial charge in [0.25, 0.3) is 0 Å². The van der Waals surface area contributed by atoms with Crippen molar-refractivity contribution in [3.05, 3.63) is 29.8 Å². The summed E-state index contributed by atoms with van der Waals surface area (Å²) in [6.07, 6.45) is 6.67. The van der Waals surface area contributed by atoms with Gasteiger partial charge in [0.1, 0.15) is 0 Å². The Morgan fingerprint density at radius 3 is 2.11 bits per heavy atom. The smallest absolute Gasteiger partial charge is 0.0366 e. The van der Waals surface area contributed by atoms with Gasteiger partial charge in [-0.2, -0.15) is 0 Å². The van der Waals surface area contributed by atoms with E-state index in [0.717, 1.165) is 5.92 Å². The number of benzene rings is 1. The number of anilines is 1. The van der Waals surface area contributed by atoms with Crippen molar-refractivity contribution in [3.63, 3.8) is 0 Å². The second kappa shape index (κ2) is 5.94. The third-order valence-electron chi connectivity index (χ3n) is 4.41. The highest BCUT2D eigenvalue weighted by Crippen LogP contribution is 2.36. The van der Waals surface area contributed by atoms with E-state index in [0.29, 0.717) is 0 Å². The van der Waals surface area contributed by atoms with E-state index < -0.39 is 0 Å². The maximum Gasteiger partial charge on any atom is 0.0366 e. The molecule has 18 heavy (non-hydrogen) atoms. The maximum atomic E-state index is 6.29. The lowest BCUT2D eigenvalue weighted by Crippen LogP contribution is -2.26. The van der Waals surface area contributed by atoms with Crippen molar-refractivity contribution in [2.45, 2.75) is 38.1 Å². The molecule has 0 aromatic heterocycles. The first-order valence-electron chi connectivity index (χ1n) is 6.95. The quantitative estimate of drug-likeness (QED) is 0.907. The first-order valence-corrected chi connectivity index (χ1v) is 6.95. The van der Waals surface area contributed by atoms with Crippen LogP contribution in [-0.4, -0.2) is 13.1 Å². The molecule has 3 heteroatoms. The molecule has 2 fully saturated rings. The second-order valence-electron chi connectivity index (χ2n) is 5.50. The zero-order chi connectivity index (χ0) is 11.7. The number of nitrogens with two attached hydrogens (primary N) is 1. The minimum absolute atomic E-state index is 0. The minimum Gasteiger partial charge on any atom is -0.372 e. The third kappa shape index (κ3) is 2.65. The molecule has 1 aromatic rings. The Kier molecular flexibility index (Phi) is 4.52. The zero-order valence-corrected chi connectivity index (χ0v) is 11.7. The molecule has 100 valence electrons. The lowest BCUT2D eigenvalue weighted by atomic mass is 9.77. The van der Waals surface area contributed by atoms with Crippen molar-refractivity contribution in [1.82, 2.24) is 0 Å². The molecule has 1 aliphatic carbocycles. The number of rotatable bonds is 3. The van der Waals surface area contributed by atoms with Gasteiger partial charge in [0, 0.05) is 24.8 Å². The summed E-state index contributed by atoms with van der Waals surface area (Å²) in [4.78, 5) is 2.47. The summed E-state index contributed by atoms with van der Waals surface area (Å²) in [6, 6.07) is 9.22. The molecule has 1 saturated heterocycles. The molecule has 1 aliphatic heterocycles. The zero-order valence-electron chi connectivity index (χ0n) is 10.8. The summed E-state index contributed by atoms with van der Waals surface area (Å²) in [6.45, 7) is 2.43. The molecule has 2 nitrogen and oxygen atoms in total. The predicted molar refractivity (Wildman–Crippen MR) is 79.4 cm³/mol. The van der Waals surface area contributed by atoms with Crippen LogP contribution in [0.5, 0.6) is 0 Å². The Morgan fingerprint density at radius 2 is 1.61 bits per heavy atom. The molecule has 1 heterocycles. The Bertz CT molecular complexity index is 367. The fraction of sp³-hybridized carbons (Fsp3) is 0.600. The SMILES string of the molecule is Cl.N[C@@H](c1ccc(N2CCCC2)cc1)C1CCC1. The number of hydrogen-bond donors (Lipinski definition) is 1. The van der Waals surface area contributed by atoms with Crippen molar-refractivity contribution in [2.24, 2.45) is 11.7 Å². The monoisotopic (exact) mass is 266 g/mol. The van der Waals surface area contributed by atoms with Crippen LogP contribution in [-0.2, 0) is 0 Å². The normalized spacial score (nSPS) is 21.3. The Labute approximate surface area is 116 Å². The van der Waals surface area contributed by atoms with Crippen LogP contribution in [0.25, 0.3) is 0 Å². The average Bonchev–Trinajstić information content (AvgIpc) is 2.80. The fourth-order valence-corrected chi connectivity index (χ4v) is 2.95. The molecule has 1 atom stereocenters. The largest absolute Gasteiger partial charge is 0.372 e. The standard InChI is InChI=1S/C15H22N2.ClH/c16-15(12-4-3-5-12)13-6-8-14(9-7-13)17-10-1-2-11-17;/h6-9,12,15H,1-5,10-11,16H2;1H/t15-;/m1./s1. The lowest BCUT2D eigenvalue weighted by molar-refractivity contribution is 0.264. The molecule has 0 unspecified atom stereocenters. The summed E-state index contributed by atoms with van der Waals surface area (Å²) in [7, 11) is 0. The van der Waals surface area contributed by atoms with Crippen LogP contribution in [0.15, 0.2) is 24.3 Å². The molecular weight excluding hydrogens is 244 g/mol. The summed E-state index contributed by atoms with van der Waals surface area (Å²) in [5, 5.41) is 0. The Morgan fingerprint density at radius 1 is 1.00 bits per heavy atom. The summed E-state index contributed by atoms with van der Waals surface area (Å²) >= 11 is 0. The topological polar surface area (TPSA) is 29.3 Å². The summed E-state index contributed by atoms with van der Waals surface area (Å²) < 4.78 is 0. The van der Waals surface area contributed by atoms with Crippen molar-refractivity contribution in [2.75, 3.05) is 18.0 Å². The van der Waals surface area contributed by atoms with Crippen molar-refractivity contribution >= 4 is 18.1 Å². The molecule has 0 bridgehead atoms. The molecule has 0 amide bonds. The van der Waals surface area contributed by atoms with Gasteiger partial charge in [-0.3, -0.25) is 0 Å². The molecule has 2 N–H and O–H groups in total. The number of nitrogens with zero attached hydrogens (tertiary/aromatic N) is 1. The van der Waals surface area contributed by atoms with Crippen molar-refractivity contribution in [1.29, 1.82) is 0 Å². The van der Waals surface area contributed by atoms with Crippen molar-refractivity contribution < 1.29 is 0 Å². The van der Waals surface area contributed by atoms with E-state index in [2.05, 4.69) is 29.2 Å². The number of halogens is 1. The highest BCUT2D eigenvalue weighted by Gasteiger charge is 2.25. The third-order valence-corrected chi connectivity index (χ3v) is 4.41. The van der Waals surface area contributed by atoms with E-state index in [9.17, 15) is 0 Å². The van der Waals surface area contributed by atoms with E-state index in [1.807, 2.05) is 0 Å². The average molecular weight is 267 g/mol. The van der Waals surface area contributed by atoms with E-state index in [4.69, 9.17) is 5.73 Å². The van der Waals surface area contributed by atoms with Crippen LogP contribution in [0.2, 0.25) is 0 Å². The van der Waals surface area contributed by atoms with Crippen LogP contribution >= 0.6 is 12.4 Å². The van der Waals surface area contributed by atoms with Crippen LogP contribution in [0.1, 0.15) is 43.7 Å². The van der Waals surface area contributed by atoms with Gasteiger partial charge in [0.05, 0.1) is 0 Å². The summed E-state index contributed by atoms with van der Waals surface area (Å²) in [5.74, 6) is 0.729. The highest BCUT2D eigenvalue weighted by atomic mass is 35.5. The molecule has 0 spiro atoms. The molecular formula is C15H23ClN2. The van der Waals surface area contributed by atoms with Gasteiger partial charge < -0.3 is 10.6 Å². The molecule has 1 aromatic carbocycles. The molecule has 1 saturated carbocycles. The Hall–Kier alpha value is -0.730. The maximum absolute atomic E-state index is 6.29. The predicted octanol–water partition coefficient (Wildman–Crippen LogP) is 3.51. The van der Waals surface area contributed by atoms with Gasteiger partial charge in [0.2, 0.25) is 0 Å². The molecule has 2 aliphatic rings. The van der Waals surface area contributed by atoms with Gasteiger partial charge >= 0.3 is 0 Å². The van der Waals surface area contributed by atoms with Gasteiger partial charge in [0.15, 0.2) is 0 Å². The number of hydrogen-bond acceptors (Lipinski definition) is 2. The van der Waals surface area contributed by atoms with Crippen molar-refractivity contribution in [3.8, 4) is 0 Å². The summed E-state index contributed by atoms with van der Waals surface area (Å²) in [5.41, 5.74) is 8.98. The molecule has 3 rings (SSSR count). The first-order chi connectivity index (χ1) is 8.34. The second-order valence-corrected chi connectivity index (χ2v) is 5.50. The Balaban J connectivity index is 0.00000120. The minimum atomic E-state index is 0. The van der Waals surface area contributed by atoms with Gasteiger partial charge in [-0.25, -0.2) is 0 Å². The van der Waals surface area contributed by atoms with E-state index in [1.54, 1.807) is 0 Å². The van der Waals surface area contributed by atoms with Gasteiger partial charge in [-0.15, -0.1) is 12.4 Å². The van der Waals surface area contributed by atoms with Gasteiger partial charge in [-0.1, -0.05) is 18.6 Å². The fourth-order valence-electron chi connectivity index (χ4n) is 2.95. The molecule has 0 radical (unpaired) electrons. The highest BCUT2D eigenvalue weighted by molar-refractivity contribution is 5.85. The van der Waals surface area contributed by atoms with Crippen LogP contribution in [0, 0.1) is 5.92 Å². The van der Waals surface area contributed by atoms with E-state index in [1.165, 1.54) is 56.4 Å². The van der Waals surface area contributed by atoms with Crippen LogP contribution in [0.3, 0.4) is 0 Å². The van der Waals surface area contributed by atoms with Crippen LogP contribution < -0.4 is 10.6 Å². The van der Waals surface area contributed by atoms with E-state index in [-0.39, 0.29) is 18.4 Å². The van der Waals surface area contributed by atoms with Gasteiger partial charge in [-0.05, 0) is 49.3 Å². The van der Waals surface area contributed by atoms with Crippen LogP contribution in [0.4, 0.5) is 5.69 Å². The van der Waals surface area contributed by atoms with E-state index >= 15 is 0 Å². The first kappa shape index (κ1) is 13.7.